The summed E-state index contributed by atoms with van der Waals surface area (Å²) < 4.78 is 5.14. The second kappa shape index (κ2) is 3.24. The van der Waals surface area contributed by atoms with Crippen molar-refractivity contribution in [3.8, 4) is 5.75 Å². The maximum atomic E-state index is 5.14. The Bertz CT molecular complexity index is 264. The number of benzene rings is 1. The third-order valence-electron chi connectivity index (χ3n) is 1.67. The van der Waals surface area contributed by atoms with Gasteiger partial charge in [0.2, 0.25) is 0 Å². The summed E-state index contributed by atoms with van der Waals surface area (Å²) in [4.78, 5) is 0. The monoisotopic (exact) mass is 148 g/mol. The molecule has 1 aromatic rings. The van der Waals surface area contributed by atoms with Gasteiger partial charge in [-0.05, 0) is 24.1 Å². The number of hydrogen-bond acceptors (Lipinski definition) is 1. The molecule has 1 aromatic carbocycles. The van der Waals surface area contributed by atoms with Crippen molar-refractivity contribution in [2.75, 3.05) is 7.11 Å². The van der Waals surface area contributed by atoms with Crippen LogP contribution in [0.15, 0.2) is 24.8 Å². The maximum Gasteiger partial charge on any atom is 0.122 e. The number of aryl methyl sites for hydroxylation is 1. The first-order chi connectivity index (χ1) is 5.27. The summed E-state index contributed by atoms with van der Waals surface area (Å²) in [5, 5.41) is 0. The van der Waals surface area contributed by atoms with Crippen LogP contribution in [0.2, 0.25) is 0 Å². The molecule has 0 saturated carbocycles. The highest BCUT2D eigenvalue weighted by molar-refractivity contribution is 5.51. The maximum absolute atomic E-state index is 5.14. The smallest absolute Gasteiger partial charge is 0.122 e. The lowest BCUT2D eigenvalue weighted by Gasteiger charge is -2.04. The van der Waals surface area contributed by atoms with E-state index in [0.29, 0.717) is 0 Å². The van der Waals surface area contributed by atoms with Gasteiger partial charge in [-0.1, -0.05) is 24.8 Å². The molecule has 0 fully saturated rings. The molecule has 0 radical (unpaired) electrons. The molecule has 0 saturated heterocycles. The molecular weight excluding hydrogens is 136 g/mol. The summed E-state index contributed by atoms with van der Waals surface area (Å²) in [5.41, 5.74) is 2.24. The van der Waals surface area contributed by atoms with Gasteiger partial charge in [-0.3, -0.25) is 0 Å². The number of methoxy groups -OCH3 is 1. The van der Waals surface area contributed by atoms with Crippen molar-refractivity contribution in [3.63, 3.8) is 0 Å². The standard InChI is InChI=1S/C10H12O/c1-4-9-6-5-8(2)10(7-9)11-3/h4-7H,1H2,2-3H3. The molecule has 0 aliphatic carbocycles. The average molecular weight is 148 g/mol. The van der Waals surface area contributed by atoms with E-state index in [2.05, 4.69) is 6.58 Å². The highest BCUT2D eigenvalue weighted by atomic mass is 16.5. The van der Waals surface area contributed by atoms with Gasteiger partial charge in [-0.2, -0.15) is 0 Å². The minimum absolute atomic E-state index is 0.919. The van der Waals surface area contributed by atoms with Crippen LogP contribution in [0.3, 0.4) is 0 Å². The van der Waals surface area contributed by atoms with Crippen LogP contribution in [-0.4, -0.2) is 7.11 Å². The molecular formula is C10H12O. The van der Waals surface area contributed by atoms with Gasteiger partial charge in [-0.25, -0.2) is 0 Å². The molecule has 1 heteroatoms. The van der Waals surface area contributed by atoms with Crippen molar-refractivity contribution in [3.05, 3.63) is 35.9 Å². The largest absolute Gasteiger partial charge is 0.496 e. The van der Waals surface area contributed by atoms with Crippen LogP contribution >= 0.6 is 0 Å². The molecule has 1 rings (SSSR count). The van der Waals surface area contributed by atoms with Gasteiger partial charge >= 0.3 is 0 Å². The average Bonchev–Trinajstić information content (AvgIpc) is 2.05. The zero-order valence-electron chi connectivity index (χ0n) is 6.92. The van der Waals surface area contributed by atoms with E-state index in [9.17, 15) is 0 Å². The summed E-state index contributed by atoms with van der Waals surface area (Å²) in [6.45, 7) is 5.70. The normalized spacial score (nSPS) is 9.27. The topological polar surface area (TPSA) is 9.23 Å². The Morgan fingerprint density at radius 3 is 2.73 bits per heavy atom. The number of hydrogen-bond donors (Lipinski definition) is 0. The highest BCUT2D eigenvalue weighted by Crippen LogP contribution is 2.19. The van der Waals surface area contributed by atoms with Crippen molar-refractivity contribution < 1.29 is 4.74 Å². The van der Waals surface area contributed by atoms with E-state index in [1.165, 1.54) is 0 Å². The zero-order chi connectivity index (χ0) is 8.27. The molecule has 11 heavy (non-hydrogen) atoms. The zero-order valence-corrected chi connectivity index (χ0v) is 6.92. The molecule has 0 bridgehead atoms. The first-order valence-electron chi connectivity index (χ1n) is 3.55. The van der Waals surface area contributed by atoms with E-state index in [4.69, 9.17) is 4.74 Å². The quantitative estimate of drug-likeness (QED) is 0.626. The van der Waals surface area contributed by atoms with Crippen molar-refractivity contribution >= 4 is 6.08 Å². The lowest BCUT2D eigenvalue weighted by atomic mass is 10.1. The molecule has 1 nitrogen and oxygen atoms in total. The van der Waals surface area contributed by atoms with Crippen molar-refractivity contribution in [2.24, 2.45) is 0 Å². The van der Waals surface area contributed by atoms with Gasteiger partial charge in [0.05, 0.1) is 7.11 Å². The summed E-state index contributed by atoms with van der Waals surface area (Å²) in [6.07, 6.45) is 1.81. The molecule has 0 amide bonds. The summed E-state index contributed by atoms with van der Waals surface area (Å²) >= 11 is 0. The van der Waals surface area contributed by atoms with E-state index in [0.717, 1.165) is 16.9 Å². The predicted octanol–water partition coefficient (Wildman–Crippen LogP) is 2.65. The van der Waals surface area contributed by atoms with Gasteiger partial charge < -0.3 is 4.74 Å². The molecule has 0 N–H and O–H groups in total. The Hall–Kier alpha value is -1.24. The van der Waals surface area contributed by atoms with E-state index in [1.807, 2.05) is 31.2 Å². The first kappa shape index (κ1) is 7.86. The van der Waals surface area contributed by atoms with Gasteiger partial charge in [0, 0.05) is 0 Å². The molecule has 0 spiro atoms. The van der Waals surface area contributed by atoms with Crippen LogP contribution in [0.1, 0.15) is 11.1 Å². The van der Waals surface area contributed by atoms with Crippen molar-refractivity contribution in [1.29, 1.82) is 0 Å². The first-order valence-corrected chi connectivity index (χ1v) is 3.55. The van der Waals surface area contributed by atoms with Crippen LogP contribution in [0.5, 0.6) is 5.75 Å². The summed E-state index contributed by atoms with van der Waals surface area (Å²) in [6, 6.07) is 6.02. The third-order valence-corrected chi connectivity index (χ3v) is 1.67. The van der Waals surface area contributed by atoms with Crippen molar-refractivity contribution in [1.82, 2.24) is 0 Å². The van der Waals surface area contributed by atoms with Gasteiger partial charge in [0.25, 0.3) is 0 Å². The molecule has 0 unspecified atom stereocenters. The highest BCUT2D eigenvalue weighted by Gasteiger charge is 1.96. The van der Waals surface area contributed by atoms with Crippen LogP contribution in [0.4, 0.5) is 0 Å². The van der Waals surface area contributed by atoms with Gasteiger partial charge in [-0.15, -0.1) is 0 Å². The van der Waals surface area contributed by atoms with Crippen LogP contribution in [0.25, 0.3) is 6.08 Å². The van der Waals surface area contributed by atoms with E-state index < -0.39 is 0 Å². The molecule has 0 heterocycles. The fourth-order valence-corrected chi connectivity index (χ4v) is 0.964. The number of rotatable bonds is 2. The molecule has 0 atom stereocenters. The van der Waals surface area contributed by atoms with E-state index in [1.54, 1.807) is 7.11 Å². The summed E-state index contributed by atoms with van der Waals surface area (Å²) in [5.74, 6) is 0.919. The fourth-order valence-electron chi connectivity index (χ4n) is 0.964. The Kier molecular flexibility index (Phi) is 2.32. The lowest BCUT2D eigenvalue weighted by Crippen LogP contribution is -1.86. The van der Waals surface area contributed by atoms with Crippen molar-refractivity contribution in [2.45, 2.75) is 6.92 Å². The minimum Gasteiger partial charge on any atom is -0.496 e. The van der Waals surface area contributed by atoms with E-state index >= 15 is 0 Å². The Labute approximate surface area is 67.3 Å². The molecule has 58 valence electrons. The van der Waals surface area contributed by atoms with Gasteiger partial charge in [0.1, 0.15) is 5.75 Å². The fraction of sp³-hybridized carbons (Fsp3) is 0.200. The minimum atomic E-state index is 0.919. The SMILES string of the molecule is C=Cc1ccc(C)c(OC)c1. The molecule has 0 aliphatic rings. The lowest BCUT2D eigenvalue weighted by molar-refractivity contribution is 0.411. The number of ether oxygens (including phenoxy) is 1. The Morgan fingerprint density at radius 1 is 1.45 bits per heavy atom. The molecule has 0 aliphatic heterocycles. The molecule has 0 aromatic heterocycles. The van der Waals surface area contributed by atoms with Gasteiger partial charge in [0.15, 0.2) is 0 Å². The Morgan fingerprint density at radius 2 is 2.18 bits per heavy atom. The van der Waals surface area contributed by atoms with Crippen LogP contribution in [-0.2, 0) is 0 Å². The Balaban J connectivity index is 3.12. The second-order valence-corrected chi connectivity index (χ2v) is 2.43. The second-order valence-electron chi connectivity index (χ2n) is 2.43. The predicted molar refractivity (Wildman–Crippen MR) is 47.8 cm³/mol. The van der Waals surface area contributed by atoms with Crippen LogP contribution < -0.4 is 4.74 Å². The summed E-state index contributed by atoms with van der Waals surface area (Å²) in [7, 11) is 1.68. The third kappa shape index (κ3) is 1.61. The van der Waals surface area contributed by atoms with Crippen LogP contribution in [0, 0.1) is 6.92 Å². The van der Waals surface area contributed by atoms with E-state index in [-0.39, 0.29) is 0 Å².